The first-order valence-corrected chi connectivity index (χ1v) is 9.83. The zero-order valence-electron chi connectivity index (χ0n) is 14.9. The van der Waals surface area contributed by atoms with Crippen LogP contribution in [0.3, 0.4) is 0 Å². The van der Waals surface area contributed by atoms with Gasteiger partial charge in [0.05, 0.1) is 4.88 Å². The van der Waals surface area contributed by atoms with E-state index in [1.165, 1.54) is 0 Å². The van der Waals surface area contributed by atoms with Gasteiger partial charge in [0.15, 0.2) is 11.5 Å². The lowest BCUT2D eigenvalue weighted by atomic mass is 10.1. The quantitative estimate of drug-likeness (QED) is 0.651. The summed E-state index contributed by atoms with van der Waals surface area (Å²) in [7, 11) is 0. The summed E-state index contributed by atoms with van der Waals surface area (Å²) in [6, 6.07) is 9.88. The summed E-state index contributed by atoms with van der Waals surface area (Å²) in [6.07, 6.45) is 4.30. The first kappa shape index (κ1) is 17.8. The zero-order chi connectivity index (χ0) is 17.6. The van der Waals surface area contributed by atoms with E-state index in [9.17, 15) is 4.79 Å². The molecule has 0 radical (unpaired) electrons. The van der Waals surface area contributed by atoms with E-state index in [-0.39, 0.29) is 12.7 Å². The molecule has 25 heavy (non-hydrogen) atoms. The van der Waals surface area contributed by atoms with Crippen molar-refractivity contribution in [3.8, 4) is 21.9 Å². The van der Waals surface area contributed by atoms with Gasteiger partial charge in [0, 0.05) is 18.0 Å². The number of nitrogens with zero attached hydrogens (tertiary/aromatic N) is 1. The second-order valence-electron chi connectivity index (χ2n) is 6.23. The molecule has 1 aliphatic rings. The molecule has 0 bridgehead atoms. The van der Waals surface area contributed by atoms with Crippen LogP contribution in [-0.2, 0) is 0 Å². The summed E-state index contributed by atoms with van der Waals surface area (Å²) in [5.41, 5.74) is 1.06. The Bertz CT molecular complexity index is 717. The minimum absolute atomic E-state index is 0.152. The number of unbranched alkanes of at least 4 members (excludes halogenated alkanes) is 2. The summed E-state index contributed by atoms with van der Waals surface area (Å²) in [6.45, 7) is 6.27. The average molecular weight is 359 g/mol. The molecule has 0 spiro atoms. The van der Waals surface area contributed by atoms with Crippen LogP contribution in [-0.4, -0.2) is 30.7 Å². The fraction of sp³-hybridized carbons (Fsp3) is 0.450. The first-order valence-electron chi connectivity index (χ1n) is 9.02. The molecule has 0 aliphatic carbocycles. The van der Waals surface area contributed by atoms with Crippen molar-refractivity contribution in [2.45, 2.75) is 39.5 Å². The van der Waals surface area contributed by atoms with Gasteiger partial charge in [-0.3, -0.25) is 4.79 Å². The largest absolute Gasteiger partial charge is 0.454 e. The molecule has 1 aromatic carbocycles. The van der Waals surface area contributed by atoms with E-state index in [1.54, 1.807) is 11.3 Å². The van der Waals surface area contributed by atoms with Crippen molar-refractivity contribution in [1.29, 1.82) is 0 Å². The fourth-order valence-corrected chi connectivity index (χ4v) is 3.80. The maximum atomic E-state index is 12.9. The van der Waals surface area contributed by atoms with Gasteiger partial charge in [-0.25, -0.2) is 0 Å². The van der Waals surface area contributed by atoms with E-state index < -0.39 is 0 Å². The van der Waals surface area contributed by atoms with Crippen molar-refractivity contribution in [3.05, 3.63) is 35.2 Å². The summed E-state index contributed by atoms with van der Waals surface area (Å²) >= 11 is 1.55. The molecule has 0 unspecified atom stereocenters. The minimum atomic E-state index is 0.152. The summed E-state index contributed by atoms with van der Waals surface area (Å²) in [4.78, 5) is 16.8. The van der Waals surface area contributed by atoms with Gasteiger partial charge in [-0.2, -0.15) is 0 Å². The summed E-state index contributed by atoms with van der Waals surface area (Å²) < 4.78 is 10.8. The predicted molar refractivity (Wildman–Crippen MR) is 102 cm³/mol. The van der Waals surface area contributed by atoms with Gasteiger partial charge in [0.25, 0.3) is 5.91 Å². The standard InChI is InChI=1S/C20H25NO3S/c1-3-5-11-21(12-6-4-2)20(22)19-10-9-18(25-19)15-7-8-16-17(13-15)24-14-23-16/h7-10,13H,3-6,11-12,14H2,1-2H3. The number of benzene rings is 1. The molecule has 5 heteroatoms. The minimum Gasteiger partial charge on any atom is -0.454 e. The third kappa shape index (κ3) is 4.15. The molecule has 0 atom stereocenters. The molecule has 0 saturated carbocycles. The Balaban J connectivity index is 1.75. The van der Waals surface area contributed by atoms with E-state index in [4.69, 9.17) is 9.47 Å². The Morgan fingerprint density at radius 2 is 1.76 bits per heavy atom. The number of amides is 1. The lowest BCUT2D eigenvalue weighted by Crippen LogP contribution is -2.32. The second-order valence-corrected chi connectivity index (χ2v) is 7.32. The van der Waals surface area contributed by atoms with Crippen LogP contribution in [0.25, 0.3) is 10.4 Å². The molecule has 1 amide bonds. The number of fused-ring (bicyclic) bond motifs is 1. The molecule has 2 aromatic rings. The molecule has 0 saturated heterocycles. The van der Waals surface area contributed by atoms with Crippen LogP contribution in [0, 0.1) is 0 Å². The molecule has 1 aliphatic heterocycles. The fourth-order valence-electron chi connectivity index (χ4n) is 2.83. The lowest BCUT2D eigenvalue weighted by Gasteiger charge is -2.21. The number of rotatable bonds is 8. The van der Waals surface area contributed by atoms with Crippen LogP contribution < -0.4 is 9.47 Å². The molecular formula is C20H25NO3S. The molecule has 0 N–H and O–H groups in total. The summed E-state index contributed by atoms with van der Waals surface area (Å²) in [5, 5.41) is 0. The van der Waals surface area contributed by atoms with E-state index in [1.807, 2.05) is 35.2 Å². The van der Waals surface area contributed by atoms with Crippen LogP contribution >= 0.6 is 11.3 Å². The lowest BCUT2D eigenvalue weighted by molar-refractivity contribution is 0.0756. The van der Waals surface area contributed by atoms with Crippen molar-refractivity contribution in [2.75, 3.05) is 19.9 Å². The molecule has 1 aromatic heterocycles. The molecule has 4 nitrogen and oxygen atoms in total. The maximum absolute atomic E-state index is 12.9. The highest BCUT2D eigenvalue weighted by atomic mass is 32.1. The highest BCUT2D eigenvalue weighted by Gasteiger charge is 2.19. The Morgan fingerprint density at radius 1 is 1.04 bits per heavy atom. The third-order valence-electron chi connectivity index (χ3n) is 4.32. The number of carbonyl (C=O) groups excluding carboxylic acids is 1. The van der Waals surface area contributed by atoms with Gasteiger partial charge < -0.3 is 14.4 Å². The highest BCUT2D eigenvalue weighted by Crippen LogP contribution is 2.38. The van der Waals surface area contributed by atoms with E-state index >= 15 is 0 Å². The number of thiophene rings is 1. The van der Waals surface area contributed by atoms with Gasteiger partial charge in [-0.1, -0.05) is 26.7 Å². The van der Waals surface area contributed by atoms with Crippen molar-refractivity contribution < 1.29 is 14.3 Å². The second kappa shape index (κ2) is 8.39. The predicted octanol–water partition coefficient (Wildman–Crippen LogP) is 5.19. The van der Waals surface area contributed by atoms with Crippen LogP contribution in [0.5, 0.6) is 11.5 Å². The number of hydrogen-bond acceptors (Lipinski definition) is 4. The molecular weight excluding hydrogens is 334 g/mol. The van der Waals surface area contributed by atoms with E-state index in [2.05, 4.69) is 13.8 Å². The molecule has 2 heterocycles. The van der Waals surface area contributed by atoms with Crippen molar-refractivity contribution >= 4 is 17.2 Å². The SMILES string of the molecule is CCCCN(CCCC)C(=O)c1ccc(-c2ccc3c(c2)OCO3)s1. The Labute approximate surface area is 153 Å². The Morgan fingerprint density at radius 3 is 2.48 bits per heavy atom. The van der Waals surface area contributed by atoms with Crippen molar-refractivity contribution in [1.82, 2.24) is 4.90 Å². The average Bonchev–Trinajstić information content (AvgIpc) is 3.30. The van der Waals surface area contributed by atoms with Gasteiger partial charge in [-0.05, 0) is 48.7 Å². The van der Waals surface area contributed by atoms with Crippen LogP contribution in [0.15, 0.2) is 30.3 Å². The Kier molecular flexibility index (Phi) is 5.97. The topological polar surface area (TPSA) is 38.8 Å². The third-order valence-corrected chi connectivity index (χ3v) is 5.45. The van der Waals surface area contributed by atoms with E-state index in [0.717, 1.165) is 65.6 Å². The molecule has 134 valence electrons. The van der Waals surface area contributed by atoms with Gasteiger partial charge >= 0.3 is 0 Å². The summed E-state index contributed by atoms with van der Waals surface area (Å²) in [5.74, 6) is 1.70. The zero-order valence-corrected chi connectivity index (χ0v) is 15.7. The first-order chi connectivity index (χ1) is 12.2. The van der Waals surface area contributed by atoms with Crippen molar-refractivity contribution in [3.63, 3.8) is 0 Å². The molecule has 0 fully saturated rings. The normalized spacial score (nSPS) is 12.4. The van der Waals surface area contributed by atoms with Crippen LogP contribution in [0.2, 0.25) is 0 Å². The number of ether oxygens (including phenoxy) is 2. The van der Waals surface area contributed by atoms with E-state index in [0.29, 0.717) is 0 Å². The smallest absolute Gasteiger partial charge is 0.263 e. The van der Waals surface area contributed by atoms with Crippen LogP contribution in [0.4, 0.5) is 0 Å². The molecule has 3 rings (SSSR count). The number of hydrogen-bond donors (Lipinski definition) is 0. The maximum Gasteiger partial charge on any atom is 0.263 e. The monoisotopic (exact) mass is 359 g/mol. The van der Waals surface area contributed by atoms with Crippen molar-refractivity contribution in [2.24, 2.45) is 0 Å². The van der Waals surface area contributed by atoms with Gasteiger partial charge in [0.2, 0.25) is 6.79 Å². The van der Waals surface area contributed by atoms with Crippen LogP contribution in [0.1, 0.15) is 49.2 Å². The number of carbonyl (C=O) groups is 1. The Hall–Kier alpha value is -2.01. The van der Waals surface area contributed by atoms with Gasteiger partial charge in [0.1, 0.15) is 0 Å². The van der Waals surface area contributed by atoms with Gasteiger partial charge in [-0.15, -0.1) is 11.3 Å². The highest BCUT2D eigenvalue weighted by molar-refractivity contribution is 7.17.